The topological polar surface area (TPSA) is 112 Å². The summed E-state index contributed by atoms with van der Waals surface area (Å²) < 4.78 is 23.0. The highest BCUT2D eigenvalue weighted by Gasteiger charge is 2.46. The zero-order valence-electron chi connectivity index (χ0n) is 14.1. The van der Waals surface area contributed by atoms with E-state index in [1.165, 1.54) is 19.4 Å². The second kappa shape index (κ2) is 8.28. The van der Waals surface area contributed by atoms with Gasteiger partial charge in [-0.15, -0.1) is 0 Å². The van der Waals surface area contributed by atoms with E-state index in [0.717, 1.165) is 4.57 Å². The van der Waals surface area contributed by atoms with Crippen LogP contribution in [0.25, 0.3) is 0 Å². The number of para-hydroxylation sites is 1. The zero-order chi connectivity index (χ0) is 18.5. The highest BCUT2D eigenvalue weighted by Crippen LogP contribution is 2.30. The molecule has 4 atom stereocenters. The van der Waals surface area contributed by atoms with Gasteiger partial charge in [-0.3, -0.25) is 14.3 Å². The molecular weight excluding hydrogens is 344 g/mol. The number of nitrogens with one attached hydrogen (secondary N) is 1. The Labute approximate surface area is 148 Å². The third kappa shape index (κ3) is 4.02. The average molecular weight is 364 g/mol. The summed E-state index contributed by atoms with van der Waals surface area (Å²) in [5.41, 5.74) is -1.21. The van der Waals surface area contributed by atoms with Gasteiger partial charge in [0.25, 0.3) is 5.56 Å². The molecule has 1 saturated heterocycles. The van der Waals surface area contributed by atoms with Crippen molar-refractivity contribution in [3.63, 3.8) is 0 Å². The SMILES string of the molecule is COCC1OC(n2ccc(=O)[nH]c2=O)C(O)C1OCOc1ccccc1. The molecule has 2 aromatic rings. The van der Waals surface area contributed by atoms with Crippen LogP contribution in [0.3, 0.4) is 0 Å². The number of aliphatic hydroxyl groups excluding tert-OH is 1. The van der Waals surface area contributed by atoms with E-state index in [2.05, 4.69) is 4.98 Å². The molecule has 1 fully saturated rings. The molecule has 9 nitrogen and oxygen atoms in total. The number of hydrogen-bond acceptors (Lipinski definition) is 7. The van der Waals surface area contributed by atoms with E-state index in [0.29, 0.717) is 5.75 Å². The summed E-state index contributed by atoms with van der Waals surface area (Å²) in [6.45, 7) is 0.0459. The van der Waals surface area contributed by atoms with Crippen molar-refractivity contribution in [2.45, 2.75) is 24.5 Å². The van der Waals surface area contributed by atoms with E-state index in [9.17, 15) is 14.7 Å². The van der Waals surface area contributed by atoms with Crippen LogP contribution in [0, 0.1) is 0 Å². The van der Waals surface area contributed by atoms with Crippen molar-refractivity contribution in [3.8, 4) is 5.75 Å². The molecule has 9 heteroatoms. The number of hydrogen-bond donors (Lipinski definition) is 2. The Morgan fingerprint density at radius 3 is 2.69 bits per heavy atom. The summed E-state index contributed by atoms with van der Waals surface area (Å²) in [7, 11) is 1.49. The van der Waals surface area contributed by atoms with Crippen LogP contribution in [0.1, 0.15) is 6.23 Å². The number of nitrogens with zero attached hydrogens (tertiary/aromatic N) is 1. The van der Waals surface area contributed by atoms with Crippen molar-refractivity contribution in [2.24, 2.45) is 0 Å². The standard InChI is InChI=1S/C17H20N2O7/c1-23-9-12-15(25-10-24-11-5-3-2-4-6-11)14(21)16(26-12)19-8-7-13(20)18-17(19)22/h2-8,12,14-16,21H,9-10H2,1H3,(H,18,20,22). The summed E-state index contributed by atoms with van der Waals surface area (Å²) in [5.74, 6) is 0.623. The van der Waals surface area contributed by atoms with E-state index in [-0.39, 0.29) is 13.4 Å². The van der Waals surface area contributed by atoms with Crippen molar-refractivity contribution in [1.82, 2.24) is 9.55 Å². The maximum Gasteiger partial charge on any atom is 0.330 e. The first-order valence-electron chi connectivity index (χ1n) is 8.03. The van der Waals surface area contributed by atoms with Gasteiger partial charge >= 0.3 is 5.69 Å². The monoisotopic (exact) mass is 364 g/mol. The van der Waals surface area contributed by atoms with Crippen molar-refractivity contribution < 1.29 is 24.1 Å². The maximum atomic E-state index is 12.0. The molecule has 0 spiro atoms. The Hall–Kier alpha value is -2.46. The van der Waals surface area contributed by atoms with Crippen LogP contribution in [0.4, 0.5) is 0 Å². The van der Waals surface area contributed by atoms with Gasteiger partial charge < -0.3 is 24.1 Å². The lowest BCUT2D eigenvalue weighted by atomic mass is 10.1. The van der Waals surface area contributed by atoms with E-state index < -0.39 is 35.8 Å². The smallest absolute Gasteiger partial charge is 0.330 e. The lowest BCUT2D eigenvalue weighted by Crippen LogP contribution is -2.39. The minimum atomic E-state index is -1.15. The molecule has 3 rings (SSSR count). The van der Waals surface area contributed by atoms with Crippen LogP contribution in [0.15, 0.2) is 52.2 Å². The third-order valence-electron chi connectivity index (χ3n) is 3.99. The molecule has 0 amide bonds. The molecule has 0 aliphatic carbocycles. The van der Waals surface area contributed by atoms with E-state index in [1.807, 2.05) is 18.2 Å². The zero-order valence-corrected chi connectivity index (χ0v) is 14.1. The summed E-state index contributed by atoms with van der Waals surface area (Å²) in [4.78, 5) is 25.3. The third-order valence-corrected chi connectivity index (χ3v) is 3.99. The van der Waals surface area contributed by atoms with Crippen LogP contribution >= 0.6 is 0 Å². The van der Waals surface area contributed by atoms with Crippen molar-refractivity contribution in [1.29, 1.82) is 0 Å². The van der Waals surface area contributed by atoms with Crippen LogP contribution in [-0.4, -0.2) is 53.5 Å². The maximum absolute atomic E-state index is 12.0. The summed E-state index contributed by atoms with van der Waals surface area (Å²) in [6, 6.07) is 10.3. The molecule has 1 aromatic carbocycles. The molecule has 1 aliphatic rings. The second-order valence-corrected chi connectivity index (χ2v) is 5.73. The molecule has 140 valence electrons. The van der Waals surface area contributed by atoms with Gasteiger partial charge in [0.05, 0.1) is 6.61 Å². The van der Waals surface area contributed by atoms with Gasteiger partial charge in [0.1, 0.15) is 24.1 Å². The van der Waals surface area contributed by atoms with Crippen molar-refractivity contribution >= 4 is 0 Å². The number of ether oxygens (including phenoxy) is 4. The van der Waals surface area contributed by atoms with Crippen LogP contribution in [0.5, 0.6) is 5.75 Å². The fraction of sp³-hybridized carbons (Fsp3) is 0.412. The minimum absolute atomic E-state index is 0.109. The molecule has 26 heavy (non-hydrogen) atoms. The summed E-state index contributed by atoms with van der Waals surface area (Å²) in [5, 5.41) is 10.6. The first-order chi connectivity index (χ1) is 12.6. The molecule has 0 radical (unpaired) electrons. The number of benzene rings is 1. The fourth-order valence-corrected chi connectivity index (χ4v) is 2.78. The van der Waals surface area contributed by atoms with Crippen LogP contribution in [-0.2, 0) is 14.2 Å². The van der Waals surface area contributed by atoms with Crippen molar-refractivity contribution in [2.75, 3.05) is 20.5 Å². The summed E-state index contributed by atoms with van der Waals surface area (Å²) >= 11 is 0. The molecule has 1 aromatic heterocycles. The lowest BCUT2D eigenvalue weighted by Gasteiger charge is -2.20. The number of aromatic nitrogens is 2. The lowest BCUT2D eigenvalue weighted by molar-refractivity contribution is -0.102. The van der Waals surface area contributed by atoms with Gasteiger partial charge in [0.2, 0.25) is 0 Å². The first-order valence-corrected chi connectivity index (χ1v) is 8.03. The van der Waals surface area contributed by atoms with Gasteiger partial charge in [0.15, 0.2) is 13.0 Å². The Morgan fingerprint density at radius 2 is 2.00 bits per heavy atom. The Bertz CT molecular complexity index is 820. The number of aromatic amines is 1. The predicted octanol–water partition coefficient (Wildman–Crippen LogP) is -0.137. The number of rotatable bonds is 7. The molecular formula is C17H20N2O7. The molecule has 2 heterocycles. The summed E-state index contributed by atoms with van der Waals surface area (Å²) in [6.07, 6.45) is -2.29. The molecule has 1 aliphatic heterocycles. The van der Waals surface area contributed by atoms with Gasteiger partial charge in [-0.2, -0.15) is 0 Å². The quantitative estimate of drug-likeness (QED) is 0.658. The van der Waals surface area contributed by atoms with Gasteiger partial charge in [-0.05, 0) is 12.1 Å². The molecule has 0 saturated carbocycles. The van der Waals surface area contributed by atoms with Gasteiger partial charge in [0, 0.05) is 19.4 Å². The van der Waals surface area contributed by atoms with E-state index in [1.54, 1.807) is 12.1 Å². The Kier molecular flexibility index (Phi) is 5.84. The Morgan fingerprint density at radius 1 is 1.23 bits per heavy atom. The van der Waals surface area contributed by atoms with E-state index >= 15 is 0 Å². The average Bonchev–Trinajstić information content (AvgIpc) is 2.92. The molecule has 0 bridgehead atoms. The largest absolute Gasteiger partial charge is 0.468 e. The van der Waals surface area contributed by atoms with Gasteiger partial charge in [-0.25, -0.2) is 4.79 Å². The fourth-order valence-electron chi connectivity index (χ4n) is 2.78. The van der Waals surface area contributed by atoms with E-state index in [4.69, 9.17) is 18.9 Å². The highest BCUT2D eigenvalue weighted by molar-refractivity contribution is 5.20. The normalized spacial score (nSPS) is 25.3. The Balaban J connectivity index is 1.71. The number of H-pyrrole nitrogens is 1. The highest BCUT2D eigenvalue weighted by atomic mass is 16.7. The minimum Gasteiger partial charge on any atom is -0.468 e. The predicted molar refractivity (Wildman–Crippen MR) is 89.9 cm³/mol. The molecule has 2 N–H and O–H groups in total. The van der Waals surface area contributed by atoms with Crippen molar-refractivity contribution in [3.05, 3.63) is 63.4 Å². The van der Waals surface area contributed by atoms with Crippen LogP contribution in [0.2, 0.25) is 0 Å². The number of methoxy groups -OCH3 is 1. The van der Waals surface area contributed by atoms with Crippen LogP contribution < -0.4 is 16.0 Å². The first kappa shape index (κ1) is 18.3. The van der Waals surface area contributed by atoms with Gasteiger partial charge in [-0.1, -0.05) is 18.2 Å². The number of aliphatic hydroxyl groups is 1. The molecule has 4 unspecified atom stereocenters. The second-order valence-electron chi connectivity index (χ2n) is 5.73.